The third-order valence-electron chi connectivity index (χ3n) is 3.19. The normalized spacial score (nSPS) is 25.9. The van der Waals surface area contributed by atoms with Gasteiger partial charge in [0, 0.05) is 17.5 Å². The first kappa shape index (κ1) is 12.4. The molecule has 0 amide bonds. The molecule has 0 aromatic carbocycles. The highest BCUT2D eigenvalue weighted by Crippen LogP contribution is 2.38. The summed E-state index contributed by atoms with van der Waals surface area (Å²) in [4.78, 5) is 1.40. The summed E-state index contributed by atoms with van der Waals surface area (Å²) >= 11 is 7.77. The Labute approximate surface area is 106 Å². The summed E-state index contributed by atoms with van der Waals surface area (Å²) in [5.74, 6) is 0.621. The van der Waals surface area contributed by atoms with Crippen LogP contribution in [-0.2, 0) is 6.42 Å². The van der Waals surface area contributed by atoms with Crippen molar-refractivity contribution in [2.24, 2.45) is 0 Å². The van der Waals surface area contributed by atoms with E-state index in [0.29, 0.717) is 12.0 Å². The van der Waals surface area contributed by atoms with Crippen LogP contribution in [0.15, 0.2) is 6.07 Å². The Balaban J connectivity index is 2.17. The summed E-state index contributed by atoms with van der Waals surface area (Å²) in [6, 6.07) is 2.60. The van der Waals surface area contributed by atoms with Crippen molar-refractivity contribution in [1.29, 1.82) is 0 Å². The second kappa shape index (κ2) is 5.50. The minimum Gasteiger partial charge on any atom is -0.396 e. The fraction of sp³-hybridized carbons (Fsp3) is 0.667. The Morgan fingerprint density at radius 2 is 2.44 bits per heavy atom. The van der Waals surface area contributed by atoms with Crippen LogP contribution < -0.4 is 5.32 Å². The highest BCUT2D eigenvalue weighted by molar-refractivity contribution is 7.16. The minimum atomic E-state index is 0.209. The molecule has 16 heavy (non-hydrogen) atoms. The zero-order valence-corrected chi connectivity index (χ0v) is 11.1. The molecule has 1 fully saturated rings. The van der Waals surface area contributed by atoms with E-state index in [2.05, 4.69) is 12.2 Å². The Hall–Kier alpha value is -0.0900. The highest BCUT2D eigenvalue weighted by Gasteiger charge is 2.23. The van der Waals surface area contributed by atoms with Gasteiger partial charge in [-0.2, -0.15) is 0 Å². The average Bonchev–Trinajstić information content (AvgIpc) is 2.60. The Morgan fingerprint density at radius 3 is 3.12 bits per heavy atom. The molecule has 2 rings (SSSR count). The molecule has 2 N–H and O–H groups in total. The van der Waals surface area contributed by atoms with Gasteiger partial charge < -0.3 is 10.4 Å². The van der Waals surface area contributed by atoms with Gasteiger partial charge in [-0.05, 0) is 50.3 Å². The van der Waals surface area contributed by atoms with Gasteiger partial charge in [0.2, 0.25) is 0 Å². The number of halogens is 1. The maximum atomic E-state index is 9.05. The van der Waals surface area contributed by atoms with Crippen LogP contribution in [0.5, 0.6) is 0 Å². The number of hydrogen-bond acceptors (Lipinski definition) is 3. The molecule has 0 saturated carbocycles. The minimum absolute atomic E-state index is 0.209. The van der Waals surface area contributed by atoms with Crippen LogP contribution in [0, 0.1) is 0 Å². The Kier molecular flexibility index (Phi) is 4.25. The molecule has 0 radical (unpaired) electrons. The van der Waals surface area contributed by atoms with E-state index in [1.807, 2.05) is 6.07 Å². The molecule has 0 bridgehead atoms. The highest BCUT2D eigenvalue weighted by atomic mass is 35.5. The number of piperidine rings is 1. The molecule has 2 atom stereocenters. The van der Waals surface area contributed by atoms with E-state index in [-0.39, 0.29) is 6.61 Å². The van der Waals surface area contributed by atoms with Gasteiger partial charge in [0.15, 0.2) is 0 Å². The lowest BCUT2D eigenvalue weighted by molar-refractivity contribution is 0.298. The van der Waals surface area contributed by atoms with Gasteiger partial charge >= 0.3 is 0 Å². The molecule has 1 saturated heterocycles. The molecule has 2 unspecified atom stereocenters. The van der Waals surface area contributed by atoms with Gasteiger partial charge in [-0.3, -0.25) is 0 Å². The average molecular weight is 260 g/mol. The molecule has 2 nitrogen and oxygen atoms in total. The van der Waals surface area contributed by atoms with Crippen molar-refractivity contribution in [2.75, 3.05) is 13.2 Å². The van der Waals surface area contributed by atoms with Gasteiger partial charge in [0.1, 0.15) is 0 Å². The largest absolute Gasteiger partial charge is 0.396 e. The van der Waals surface area contributed by atoms with Crippen molar-refractivity contribution in [3.63, 3.8) is 0 Å². The second-order valence-corrected chi connectivity index (χ2v) is 6.21. The Morgan fingerprint density at radius 1 is 1.62 bits per heavy atom. The van der Waals surface area contributed by atoms with Crippen LogP contribution in [0.25, 0.3) is 0 Å². The van der Waals surface area contributed by atoms with Crippen LogP contribution >= 0.6 is 22.9 Å². The van der Waals surface area contributed by atoms with Crippen LogP contribution in [0.4, 0.5) is 0 Å². The number of hydrogen-bond donors (Lipinski definition) is 2. The van der Waals surface area contributed by atoms with Gasteiger partial charge in [-0.25, -0.2) is 0 Å². The third kappa shape index (κ3) is 2.77. The van der Waals surface area contributed by atoms with Crippen LogP contribution in [-0.4, -0.2) is 24.3 Å². The zero-order chi connectivity index (χ0) is 11.5. The predicted octanol–water partition coefficient (Wildman–Crippen LogP) is 2.79. The molecule has 0 spiro atoms. The zero-order valence-electron chi connectivity index (χ0n) is 9.50. The monoisotopic (exact) mass is 259 g/mol. The summed E-state index contributed by atoms with van der Waals surface area (Å²) in [5.41, 5.74) is 1.25. The maximum absolute atomic E-state index is 9.05. The fourth-order valence-electron chi connectivity index (χ4n) is 2.44. The van der Waals surface area contributed by atoms with E-state index in [9.17, 15) is 0 Å². The number of thiophene rings is 1. The molecular weight excluding hydrogens is 242 g/mol. The van der Waals surface area contributed by atoms with E-state index in [4.69, 9.17) is 16.7 Å². The van der Waals surface area contributed by atoms with Gasteiger partial charge in [0.25, 0.3) is 0 Å². The van der Waals surface area contributed by atoms with E-state index in [0.717, 1.165) is 17.3 Å². The molecule has 1 aliphatic heterocycles. The quantitative estimate of drug-likeness (QED) is 0.875. The molecular formula is C12H18ClNOS. The van der Waals surface area contributed by atoms with Crippen LogP contribution in [0.1, 0.15) is 36.1 Å². The standard InChI is InChI=1S/C12H18ClNOS/c1-8-6-9(2-4-14-8)12-10(3-5-15)7-11(13)16-12/h7-9,14-15H,2-6H2,1H3. The number of rotatable bonds is 3. The van der Waals surface area contributed by atoms with Crippen molar-refractivity contribution in [2.45, 2.75) is 38.1 Å². The first-order valence-electron chi connectivity index (χ1n) is 5.83. The van der Waals surface area contributed by atoms with Crippen molar-refractivity contribution in [3.05, 3.63) is 20.8 Å². The summed E-state index contributed by atoms with van der Waals surface area (Å²) < 4.78 is 0.852. The lowest BCUT2D eigenvalue weighted by Gasteiger charge is -2.28. The van der Waals surface area contributed by atoms with Gasteiger partial charge in [0.05, 0.1) is 4.34 Å². The van der Waals surface area contributed by atoms with Gasteiger partial charge in [-0.15, -0.1) is 11.3 Å². The predicted molar refractivity (Wildman–Crippen MR) is 69.6 cm³/mol. The number of aliphatic hydroxyl groups excluding tert-OH is 1. The van der Waals surface area contributed by atoms with Crippen LogP contribution in [0.2, 0.25) is 4.34 Å². The molecule has 0 aliphatic carbocycles. The summed E-state index contributed by atoms with van der Waals surface area (Å²) in [5, 5.41) is 12.5. The van der Waals surface area contributed by atoms with Gasteiger partial charge in [-0.1, -0.05) is 11.6 Å². The van der Waals surface area contributed by atoms with Crippen molar-refractivity contribution >= 4 is 22.9 Å². The lowest BCUT2D eigenvalue weighted by atomic mass is 9.90. The first-order chi connectivity index (χ1) is 7.70. The van der Waals surface area contributed by atoms with Crippen molar-refractivity contribution in [1.82, 2.24) is 5.32 Å². The smallest absolute Gasteiger partial charge is 0.0934 e. The Bertz CT molecular complexity index is 353. The molecule has 4 heteroatoms. The molecule has 90 valence electrons. The van der Waals surface area contributed by atoms with E-state index >= 15 is 0 Å². The number of aliphatic hydroxyl groups is 1. The first-order valence-corrected chi connectivity index (χ1v) is 7.02. The topological polar surface area (TPSA) is 32.3 Å². The molecule has 1 aromatic heterocycles. The van der Waals surface area contributed by atoms with Crippen molar-refractivity contribution < 1.29 is 5.11 Å². The molecule has 1 aromatic rings. The fourth-order valence-corrected chi connectivity index (χ4v) is 3.90. The van der Waals surface area contributed by atoms with Crippen molar-refractivity contribution in [3.8, 4) is 0 Å². The van der Waals surface area contributed by atoms with E-state index < -0.39 is 0 Å². The lowest BCUT2D eigenvalue weighted by Crippen LogP contribution is -2.34. The maximum Gasteiger partial charge on any atom is 0.0934 e. The summed E-state index contributed by atoms with van der Waals surface area (Å²) in [7, 11) is 0. The van der Waals surface area contributed by atoms with E-state index in [1.165, 1.54) is 23.3 Å². The summed E-state index contributed by atoms with van der Waals surface area (Å²) in [6.45, 7) is 3.52. The molecule has 2 heterocycles. The van der Waals surface area contributed by atoms with Crippen LogP contribution in [0.3, 0.4) is 0 Å². The summed E-state index contributed by atoms with van der Waals surface area (Å²) in [6.07, 6.45) is 3.09. The molecule has 1 aliphatic rings. The SMILES string of the molecule is CC1CC(c2sc(Cl)cc2CCO)CCN1. The number of nitrogens with one attached hydrogen (secondary N) is 1. The van der Waals surface area contributed by atoms with E-state index in [1.54, 1.807) is 11.3 Å². The third-order valence-corrected chi connectivity index (χ3v) is 4.66. The second-order valence-electron chi connectivity index (χ2n) is 4.49.